The molecule has 88 valence electrons. The van der Waals surface area contributed by atoms with Crippen molar-refractivity contribution in [3.8, 4) is 0 Å². The van der Waals surface area contributed by atoms with Gasteiger partial charge in [-0.25, -0.2) is 0 Å². The van der Waals surface area contributed by atoms with Crippen LogP contribution in [0, 0.1) is 5.92 Å². The molecule has 1 heteroatoms. The second-order valence-electron chi connectivity index (χ2n) is 6.55. The van der Waals surface area contributed by atoms with E-state index < -0.39 is 0 Å². The van der Waals surface area contributed by atoms with E-state index in [4.69, 9.17) is 0 Å². The number of nitrogens with zero attached hydrogens (tertiary/aromatic N) is 1. The number of rotatable bonds is 2. The SMILES string of the molecule is CC(C)(C)N1CCCCC1CC1CCC1. The Labute approximate surface area is 95.2 Å². The van der Waals surface area contributed by atoms with Gasteiger partial charge in [0.15, 0.2) is 0 Å². The minimum absolute atomic E-state index is 0.384. The summed E-state index contributed by atoms with van der Waals surface area (Å²) >= 11 is 0. The molecular weight excluding hydrogens is 182 g/mol. The Morgan fingerprint density at radius 2 is 1.73 bits per heavy atom. The summed E-state index contributed by atoms with van der Waals surface area (Å²) in [6.45, 7) is 8.48. The summed E-state index contributed by atoms with van der Waals surface area (Å²) in [6.07, 6.45) is 10.3. The van der Waals surface area contributed by atoms with Gasteiger partial charge in [-0.15, -0.1) is 0 Å². The van der Waals surface area contributed by atoms with Gasteiger partial charge in [-0.05, 0) is 52.5 Å². The zero-order valence-corrected chi connectivity index (χ0v) is 10.8. The zero-order valence-electron chi connectivity index (χ0n) is 10.8. The predicted octanol–water partition coefficient (Wildman–Crippen LogP) is 3.83. The van der Waals surface area contributed by atoms with E-state index in [9.17, 15) is 0 Å². The van der Waals surface area contributed by atoms with Crippen LogP contribution in [-0.2, 0) is 0 Å². The highest BCUT2D eigenvalue weighted by Gasteiger charge is 2.33. The molecule has 1 saturated carbocycles. The molecule has 2 fully saturated rings. The van der Waals surface area contributed by atoms with Gasteiger partial charge in [-0.1, -0.05) is 25.7 Å². The van der Waals surface area contributed by atoms with E-state index in [0.29, 0.717) is 5.54 Å². The summed E-state index contributed by atoms with van der Waals surface area (Å²) in [4.78, 5) is 2.77. The van der Waals surface area contributed by atoms with Gasteiger partial charge in [0.1, 0.15) is 0 Å². The van der Waals surface area contributed by atoms with Gasteiger partial charge >= 0.3 is 0 Å². The lowest BCUT2D eigenvalue weighted by atomic mass is 9.78. The summed E-state index contributed by atoms with van der Waals surface area (Å²) in [7, 11) is 0. The van der Waals surface area contributed by atoms with E-state index in [0.717, 1.165) is 12.0 Å². The van der Waals surface area contributed by atoms with Crippen LogP contribution in [0.2, 0.25) is 0 Å². The highest BCUT2D eigenvalue weighted by Crippen LogP contribution is 2.36. The molecule has 1 aliphatic heterocycles. The molecular formula is C14H27N. The zero-order chi connectivity index (χ0) is 10.9. The Morgan fingerprint density at radius 3 is 2.27 bits per heavy atom. The average Bonchev–Trinajstić information content (AvgIpc) is 2.10. The van der Waals surface area contributed by atoms with Crippen LogP contribution < -0.4 is 0 Å². The van der Waals surface area contributed by atoms with Crippen molar-refractivity contribution in [1.82, 2.24) is 4.90 Å². The lowest BCUT2D eigenvalue weighted by molar-refractivity contribution is 0.0310. The Morgan fingerprint density at radius 1 is 1.00 bits per heavy atom. The molecule has 0 aromatic rings. The fourth-order valence-corrected chi connectivity index (χ4v) is 3.24. The molecule has 0 aromatic carbocycles. The number of likely N-dealkylation sites (tertiary alicyclic amines) is 1. The van der Waals surface area contributed by atoms with Crippen molar-refractivity contribution >= 4 is 0 Å². The quantitative estimate of drug-likeness (QED) is 0.668. The van der Waals surface area contributed by atoms with Crippen molar-refractivity contribution in [2.24, 2.45) is 5.92 Å². The largest absolute Gasteiger partial charge is 0.296 e. The topological polar surface area (TPSA) is 3.24 Å². The molecule has 0 amide bonds. The standard InChI is InChI=1S/C14H27N/c1-14(2,3)15-10-5-4-9-13(15)11-12-7-6-8-12/h12-13H,4-11H2,1-3H3. The molecule has 2 rings (SSSR count). The van der Waals surface area contributed by atoms with Gasteiger partial charge in [0.2, 0.25) is 0 Å². The fourth-order valence-electron chi connectivity index (χ4n) is 3.24. The van der Waals surface area contributed by atoms with Crippen LogP contribution in [0.5, 0.6) is 0 Å². The van der Waals surface area contributed by atoms with E-state index in [-0.39, 0.29) is 0 Å². The van der Waals surface area contributed by atoms with Crippen LogP contribution in [0.4, 0.5) is 0 Å². The monoisotopic (exact) mass is 209 g/mol. The molecule has 1 atom stereocenters. The van der Waals surface area contributed by atoms with Crippen LogP contribution in [0.25, 0.3) is 0 Å². The highest BCUT2D eigenvalue weighted by atomic mass is 15.2. The van der Waals surface area contributed by atoms with Gasteiger partial charge < -0.3 is 0 Å². The molecule has 2 aliphatic rings. The van der Waals surface area contributed by atoms with E-state index in [1.165, 1.54) is 51.5 Å². The van der Waals surface area contributed by atoms with Crippen molar-refractivity contribution in [1.29, 1.82) is 0 Å². The Bertz CT molecular complexity index is 200. The minimum atomic E-state index is 0.384. The highest BCUT2D eigenvalue weighted by molar-refractivity contribution is 4.88. The Kier molecular flexibility index (Phi) is 3.39. The van der Waals surface area contributed by atoms with Crippen LogP contribution in [0.1, 0.15) is 65.7 Å². The van der Waals surface area contributed by atoms with Gasteiger partial charge in [0, 0.05) is 11.6 Å². The van der Waals surface area contributed by atoms with Crippen molar-refractivity contribution in [2.75, 3.05) is 6.54 Å². The third-order valence-electron chi connectivity index (χ3n) is 4.32. The molecule has 15 heavy (non-hydrogen) atoms. The summed E-state index contributed by atoms with van der Waals surface area (Å²) in [5, 5.41) is 0. The molecule has 1 aliphatic carbocycles. The summed E-state index contributed by atoms with van der Waals surface area (Å²) < 4.78 is 0. The summed E-state index contributed by atoms with van der Waals surface area (Å²) in [5.41, 5.74) is 0.384. The first kappa shape index (κ1) is 11.4. The smallest absolute Gasteiger partial charge is 0.0127 e. The number of piperidine rings is 1. The van der Waals surface area contributed by atoms with Crippen molar-refractivity contribution < 1.29 is 0 Å². The molecule has 1 unspecified atom stereocenters. The normalized spacial score (nSPS) is 30.2. The van der Waals surface area contributed by atoms with Crippen molar-refractivity contribution in [3.05, 3.63) is 0 Å². The van der Waals surface area contributed by atoms with Gasteiger partial charge in [-0.3, -0.25) is 4.90 Å². The van der Waals surface area contributed by atoms with E-state index in [2.05, 4.69) is 25.7 Å². The summed E-state index contributed by atoms with van der Waals surface area (Å²) in [5.74, 6) is 1.07. The molecule has 0 radical (unpaired) electrons. The first-order valence-corrected chi connectivity index (χ1v) is 6.84. The lowest BCUT2D eigenvalue weighted by Gasteiger charge is -2.46. The van der Waals surface area contributed by atoms with Crippen LogP contribution in [0.15, 0.2) is 0 Å². The molecule has 1 nitrogen and oxygen atoms in total. The van der Waals surface area contributed by atoms with E-state index in [1.807, 2.05) is 0 Å². The van der Waals surface area contributed by atoms with Gasteiger partial charge in [0.25, 0.3) is 0 Å². The molecule has 1 heterocycles. The third kappa shape index (κ3) is 2.75. The number of hydrogen-bond donors (Lipinski definition) is 0. The van der Waals surface area contributed by atoms with E-state index in [1.54, 1.807) is 0 Å². The van der Waals surface area contributed by atoms with Crippen molar-refractivity contribution in [3.63, 3.8) is 0 Å². The van der Waals surface area contributed by atoms with Gasteiger partial charge in [0.05, 0.1) is 0 Å². The molecule has 0 bridgehead atoms. The third-order valence-corrected chi connectivity index (χ3v) is 4.32. The van der Waals surface area contributed by atoms with Crippen LogP contribution in [-0.4, -0.2) is 23.0 Å². The van der Waals surface area contributed by atoms with Crippen molar-refractivity contribution in [2.45, 2.75) is 77.3 Å². The minimum Gasteiger partial charge on any atom is -0.296 e. The lowest BCUT2D eigenvalue weighted by Crippen LogP contribution is -2.51. The second-order valence-corrected chi connectivity index (χ2v) is 6.55. The fraction of sp³-hybridized carbons (Fsp3) is 1.00. The average molecular weight is 209 g/mol. The van der Waals surface area contributed by atoms with E-state index >= 15 is 0 Å². The van der Waals surface area contributed by atoms with Crippen LogP contribution >= 0.6 is 0 Å². The second kappa shape index (κ2) is 4.45. The predicted molar refractivity (Wildman–Crippen MR) is 66.1 cm³/mol. The molecule has 0 N–H and O–H groups in total. The summed E-state index contributed by atoms with van der Waals surface area (Å²) in [6, 6.07) is 0.893. The maximum absolute atomic E-state index is 2.77. The maximum Gasteiger partial charge on any atom is 0.0127 e. The number of hydrogen-bond acceptors (Lipinski definition) is 1. The molecule has 0 spiro atoms. The van der Waals surface area contributed by atoms with Gasteiger partial charge in [-0.2, -0.15) is 0 Å². The maximum atomic E-state index is 2.77. The van der Waals surface area contributed by atoms with Crippen LogP contribution in [0.3, 0.4) is 0 Å². The first-order chi connectivity index (χ1) is 7.07. The molecule has 0 aromatic heterocycles. The Hall–Kier alpha value is -0.0400. The first-order valence-electron chi connectivity index (χ1n) is 6.84. The Balaban J connectivity index is 1.92. The molecule has 1 saturated heterocycles.